The van der Waals surface area contributed by atoms with Crippen molar-refractivity contribution in [3.05, 3.63) is 6.33 Å². The zero-order valence-corrected chi connectivity index (χ0v) is 8.94. The van der Waals surface area contributed by atoms with Crippen molar-refractivity contribution < 1.29 is 5.11 Å². The number of hydrogen-bond acceptors (Lipinski definition) is 6. The fourth-order valence-electron chi connectivity index (χ4n) is 1.31. The molecule has 2 rings (SSSR count). The number of hydrogen-bond donors (Lipinski definition) is 4. The lowest BCUT2D eigenvalue weighted by Gasteiger charge is -2.10. The molecule has 0 aliphatic carbocycles. The molecule has 0 amide bonds. The van der Waals surface area contributed by atoms with Gasteiger partial charge in [0.15, 0.2) is 11.5 Å². The number of aromatic amines is 1. The quantitative estimate of drug-likeness (QED) is 0.578. The summed E-state index contributed by atoms with van der Waals surface area (Å²) in [6.07, 6.45) is 1.54. The number of aliphatic hydroxyl groups excluding tert-OH is 1. The maximum atomic E-state index is 8.92. The number of rotatable bonds is 4. The van der Waals surface area contributed by atoms with Gasteiger partial charge >= 0.3 is 0 Å². The Hall–Kier alpha value is -1.89. The van der Waals surface area contributed by atoms with Gasteiger partial charge in [-0.15, -0.1) is 0 Å². The molecule has 7 heteroatoms. The highest BCUT2D eigenvalue weighted by Crippen LogP contribution is 2.17. The molecule has 0 fully saturated rings. The third-order valence-electron chi connectivity index (χ3n) is 2.23. The van der Waals surface area contributed by atoms with E-state index in [2.05, 4.69) is 25.3 Å². The first kappa shape index (κ1) is 10.6. The van der Waals surface area contributed by atoms with Crippen LogP contribution in [0.1, 0.15) is 6.92 Å². The summed E-state index contributed by atoms with van der Waals surface area (Å²) in [5.41, 5.74) is 6.81. The fourth-order valence-corrected chi connectivity index (χ4v) is 1.31. The number of imidazole rings is 1. The van der Waals surface area contributed by atoms with E-state index in [9.17, 15) is 0 Å². The van der Waals surface area contributed by atoms with Crippen LogP contribution in [0.3, 0.4) is 0 Å². The van der Waals surface area contributed by atoms with E-state index in [1.165, 1.54) is 0 Å². The Morgan fingerprint density at radius 1 is 1.56 bits per heavy atom. The first-order chi connectivity index (χ1) is 7.70. The van der Waals surface area contributed by atoms with Gasteiger partial charge in [-0.05, 0) is 5.92 Å². The van der Waals surface area contributed by atoms with Crippen LogP contribution in [0, 0.1) is 5.92 Å². The molecule has 5 N–H and O–H groups in total. The van der Waals surface area contributed by atoms with Gasteiger partial charge in [0.2, 0.25) is 5.95 Å². The summed E-state index contributed by atoms with van der Waals surface area (Å²) in [4.78, 5) is 15.0. The Labute approximate surface area is 92.1 Å². The minimum absolute atomic E-state index is 0.125. The Morgan fingerprint density at radius 2 is 2.38 bits per heavy atom. The summed E-state index contributed by atoms with van der Waals surface area (Å²) in [5, 5.41) is 12.0. The number of nitrogens with zero attached hydrogens (tertiary/aromatic N) is 3. The molecular formula is C9H14N6O. The Bertz CT molecular complexity index is 482. The number of nitrogens with one attached hydrogen (secondary N) is 2. The normalized spacial score (nSPS) is 12.9. The van der Waals surface area contributed by atoms with Crippen LogP contribution in [0.2, 0.25) is 0 Å². The number of nitrogen functional groups attached to an aromatic ring is 1. The molecule has 1 atom stereocenters. The lowest BCUT2D eigenvalue weighted by atomic mass is 10.2. The lowest BCUT2D eigenvalue weighted by Crippen LogP contribution is -2.16. The predicted molar refractivity (Wildman–Crippen MR) is 60.8 cm³/mol. The largest absolute Gasteiger partial charge is 0.396 e. The van der Waals surface area contributed by atoms with Crippen LogP contribution in [0.4, 0.5) is 11.8 Å². The van der Waals surface area contributed by atoms with Gasteiger partial charge in [0.1, 0.15) is 5.52 Å². The first-order valence-corrected chi connectivity index (χ1v) is 5.02. The SMILES string of the molecule is CC(CO)CNc1nc(N)nc2nc[nH]c12. The van der Waals surface area contributed by atoms with Crippen molar-refractivity contribution in [1.82, 2.24) is 19.9 Å². The van der Waals surface area contributed by atoms with Crippen molar-refractivity contribution in [2.75, 3.05) is 24.2 Å². The number of fused-ring (bicyclic) bond motifs is 1. The monoisotopic (exact) mass is 222 g/mol. The highest BCUT2D eigenvalue weighted by Gasteiger charge is 2.08. The highest BCUT2D eigenvalue weighted by molar-refractivity contribution is 5.83. The Balaban J connectivity index is 2.25. The van der Waals surface area contributed by atoms with Gasteiger partial charge in [0, 0.05) is 13.2 Å². The van der Waals surface area contributed by atoms with E-state index in [4.69, 9.17) is 10.8 Å². The number of aromatic nitrogens is 4. The molecule has 0 spiro atoms. The molecule has 2 aromatic rings. The van der Waals surface area contributed by atoms with Crippen LogP contribution in [0.15, 0.2) is 6.33 Å². The smallest absolute Gasteiger partial charge is 0.224 e. The highest BCUT2D eigenvalue weighted by atomic mass is 16.3. The van der Waals surface area contributed by atoms with Crippen molar-refractivity contribution in [2.24, 2.45) is 5.92 Å². The van der Waals surface area contributed by atoms with Gasteiger partial charge in [-0.2, -0.15) is 9.97 Å². The van der Waals surface area contributed by atoms with Crippen LogP contribution in [0.5, 0.6) is 0 Å². The summed E-state index contributed by atoms with van der Waals surface area (Å²) in [6.45, 7) is 2.67. The minimum atomic E-state index is 0.125. The van der Waals surface area contributed by atoms with Crippen LogP contribution >= 0.6 is 0 Å². The summed E-state index contributed by atoms with van der Waals surface area (Å²) >= 11 is 0. The molecule has 0 aromatic carbocycles. The zero-order chi connectivity index (χ0) is 11.5. The lowest BCUT2D eigenvalue weighted by molar-refractivity contribution is 0.244. The minimum Gasteiger partial charge on any atom is -0.396 e. The average Bonchev–Trinajstić information content (AvgIpc) is 2.73. The van der Waals surface area contributed by atoms with Crippen molar-refractivity contribution >= 4 is 22.9 Å². The zero-order valence-electron chi connectivity index (χ0n) is 8.94. The molecule has 7 nitrogen and oxygen atoms in total. The molecule has 0 aliphatic heterocycles. The molecule has 2 aromatic heterocycles. The molecule has 1 unspecified atom stereocenters. The van der Waals surface area contributed by atoms with Crippen molar-refractivity contribution in [2.45, 2.75) is 6.92 Å². The number of anilines is 2. The average molecular weight is 222 g/mol. The standard InChI is InChI=1S/C9H14N6O/c1-5(3-16)2-11-7-6-8(13-4-12-6)15-9(10)14-7/h4-5,16H,2-3H2,1H3,(H4,10,11,12,13,14,15). The third kappa shape index (κ3) is 2.03. The van der Waals surface area contributed by atoms with Crippen molar-refractivity contribution in [3.63, 3.8) is 0 Å². The van der Waals surface area contributed by atoms with Gasteiger partial charge in [0.05, 0.1) is 6.33 Å². The molecule has 16 heavy (non-hydrogen) atoms. The summed E-state index contributed by atoms with van der Waals surface area (Å²) in [6, 6.07) is 0. The number of nitrogens with two attached hydrogens (primary N) is 1. The summed E-state index contributed by atoms with van der Waals surface area (Å²) < 4.78 is 0. The Kier molecular flexibility index (Phi) is 2.86. The molecule has 0 radical (unpaired) electrons. The van der Waals surface area contributed by atoms with E-state index in [1.807, 2.05) is 6.92 Å². The van der Waals surface area contributed by atoms with Crippen LogP contribution in [-0.4, -0.2) is 38.2 Å². The summed E-state index contributed by atoms with van der Waals surface area (Å²) in [5.74, 6) is 0.938. The molecule has 0 bridgehead atoms. The van der Waals surface area contributed by atoms with Gasteiger partial charge in [0.25, 0.3) is 0 Å². The molecule has 2 heterocycles. The first-order valence-electron chi connectivity index (χ1n) is 5.02. The molecule has 0 saturated heterocycles. The molecular weight excluding hydrogens is 208 g/mol. The maximum absolute atomic E-state index is 8.92. The maximum Gasteiger partial charge on any atom is 0.224 e. The van der Waals surface area contributed by atoms with Crippen LogP contribution in [0.25, 0.3) is 11.2 Å². The predicted octanol–water partition coefficient (Wildman–Crippen LogP) is -0.0246. The van der Waals surface area contributed by atoms with E-state index < -0.39 is 0 Å². The van der Waals surface area contributed by atoms with Crippen LogP contribution < -0.4 is 11.1 Å². The van der Waals surface area contributed by atoms with Gasteiger partial charge < -0.3 is 21.1 Å². The fraction of sp³-hybridized carbons (Fsp3) is 0.444. The van der Waals surface area contributed by atoms with E-state index in [1.54, 1.807) is 6.33 Å². The number of H-pyrrole nitrogens is 1. The molecule has 0 aliphatic rings. The summed E-state index contributed by atoms with van der Waals surface area (Å²) in [7, 11) is 0. The van der Waals surface area contributed by atoms with Gasteiger partial charge in [-0.25, -0.2) is 4.98 Å². The second-order valence-corrected chi connectivity index (χ2v) is 3.70. The van der Waals surface area contributed by atoms with Gasteiger partial charge in [-0.3, -0.25) is 0 Å². The van der Waals surface area contributed by atoms with E-state index in [0.29, 0.717) is 18.0 Å². The molecule has 86 valence electrons. The topological polar surface area (TPSA) is 113 Å². The van der Waals surface area contributed by atoms with E-state index in [-0.39, 0.29) is 18.5 Å². The second kappa shape index (κ2) is 4.31. The Morgan fingerprint density at radius 3 is 3.12 bits per heavy atom. The third-order valence-corrected chi connectivity index (χ3v) is 2.23. The van der Waals surface area contributed by atoms with E-state index in [0.717, 1.165) is 5.52 Å². The van der Waals surface area contributed by atoms with Gasteiger partial charge in [-0.1, -0.05) is 6.92 Å². The number of aliphatic hydroxyl groups is 1. The van der Waals surface area contributed by atoms with Crippen molar-refractivity contribution in [3.8, 4) is 0 Å². The molecule has 0 saturated carbocycles. The van der Waals surface area contributed by atoms with Crippen LogP contribution in [-0.2, 0) is 0 Å². The second-order valence-electron chi connectivity index (χ2n) is 3.70. The van der Waals surface area contributed by atoms with E-state index >= 15 is 0 Å². The van der Waals surface area contributed by atoms with Crippen molar-refractivity contribution in [1.29, 1.82) is 0 Å².